The molecule has 0 spiro atoms. The fraction of sp³-hybridized carbons (Fsp3) is 0.818. The van der Waals surface area contributed by atoms with E-state index in [9.17, 15) is 19.2 Å². The Morgan fingerprint density at radius 2 is 0.871 bits per heavy atom. The molecule has 9 nitrogen and oxygen atoms in total. The molecule has 2 amide bonds. The van der Waals surface area contributed by atoms with Gasteiger partial charge >= 0.3 is 24.1 Å². The predicted molar refractivity (Wildman–Crippen MR) is 116 cm³/mol. The summed E-state index contributed by atoms with van der Waals surface area (Å²) in [7, 11) is 2.83. The Morgan fingerprint density at radius 3 is 1.06 bits per heavy atom. The van der Waals surface area contributed by atoms with Crippen LogP contribution < -0.4 is 0 Å². The molecule has 0 aromatic rings. The van der Waals surface area contributed by atoms with Crippen LogP contribution in [-0.2, 0) is 23.8 Å². The van der Waals surface area contributed by atoms with Gasteiger partial charge in [-0.3, -0.25) is 9.80 Å². The molecule has 0 aromatic heterocycles. The average molecular weight is 445 g/mol. The number of nitrogens with zero attached hydrogens (tertiary/aromatic N) is 2. The van der Waals surface area contributed by atoms with Gasteiger partial charge in [0.1, 0.15) is 23.3 Å². The number of amides is 2. The van der Waals surface area contributed by atoms with Crippen molar-refractivity contribution in [3.05, 3.63) is 0 Å². The summed E-state index contributed by atoms with van der Waals surface area (Å²) in [6, 6.07) is -2.09. The van der Waals surface area contributed by atoms with E-state index >= 15 is 0 Å². The molecule has 180 valence electrons. The van der Waals surface area contributed by atoms with Crippen LogP contribution in [-0.4, -0.2) is 71.3 Å². The summed E-state index contributed by atoms with van der Waals surface area (Å²) >= 11 is 0. The van der Waals surface area contributed by atoms with Gasteiger partial charge in [-0.05, 0) is 53.4 Å². The molecule has 0 radical (unpaired) electrons. The van der Waals surface area contributed by atoms with Crippen molar-refractivity contribution in [1.82, 2.24) is 9.80 Å². The minimum atomic E-state index is -1.04. The average Bonchev–Trinajstić information content (AvgIpc) is 2.50. The van der Waals surface area contributed by atoms with Crippen LogP contribution in [0.3, 0.4) is 0 Å². The van der Waals surface area contributed by atoms with Crippen LogP contribution in [0.4, 0.5) is 9.59 Å². The topological polar surface area (TPSA) is 102 Å². The largest absolute Gasteiger partial charge is 0.444 e. The number of rotatable bonds is 6. The van der Waals surface area contributed by atoms with Crippen molar-refractivity contribution in [2.75, 3.05) is 14.1 Å². The van der Waals surface area contributed by atoms with Crippen molar-refractivity contribution in [3.8, 4) is 0 Å². The fourth-order valence-electron chi connectivity index (χ4n) is 2.87. The van der Waals surface area contributed by atoms with E-state index in [1.165, 1.54) is 14.1 Å². The highest BCUT2D eigenvalue weighted by atomic mass is 16.6. The standard InChI is InChI=1S/C22H40N2O7/c1-13(2)15(23(11)19(27)30-21(5,6)7)17(25)29-18(26)16(14(3)4)24(12)20(28)31-22(8,9)10/h13-16H,1-12H3/t15-,16-/m0/s1. The van der Waals surface area contributed by atoms with Gasteiger partial charge in [-0.15, -0.1) is 0 Å². The first-order valence-electron chi connectivity index (χ1n) is 10.5. The maximum absolute atomic E-state index is 12.8. The molecule has 0 N–H and O–H groups in total. The second-order valence-electron chi connectivity index (χ2n) is 10.3. The van der Waals surface area contributed by atoms with Gasteiger partial charge < -0.3 is 14.2 Å². The number of carbonyl (C=O) groups is 4. The van der Waals surface area contributed by atoms with E-state index in [4.69, 9.17) is 14.2 Å². The van der Waals surface area contributed by atoms with Crippen molar-refractivity contribution in [2.24, 2.45) is 11.8 Å². The van der Waals surface area contributed by atoms with Crippen molar-refractivity contribution >= 4 is 24.1 Å². The molecule has 0 aliphatic rings. The van der Waals surface area contributed by atoms with Crippen LogP contribution in [0, 0.1) is 11.8 Å². The monoisotopic (exact) mass is 444 g/mol. The molecule has 31 heavy (non-hydrogen) atoms. The van der Waals surface area contributed by atoms with Crippen molar-refractivity contribution in [2.45, 2.75) is 92.5 Å². The third-order valence-electron chi connectivity index (χ3n) is 4.14. The highest BCUT2D eigenvalue weighted by molar-refractivity contribution is 5.93. The minimum Gasteiger partial charge on any atom is -0.444 e. The third kappa shape index (κ3) is 9.57. The molecule has 0 bridgehead atoms. The zero-order valence-corrected chi connectivity index (χ0v) is 21.1. The fourth-order valence-corrected chi connectivity index (χ4v) is 2.87. The Labute approximate surface area is 186 Å². The van der Waals surface area contributed by atoms with Gasteiger partial charge in [0, 0.05) is 14.1 Å². The zero-order valence-electron chi connectivity index (χ0n) is 21.1. The molecule has 0 rings (SSSR count). The lowest BCUT2D eigenvalue weighted by Gasteiger charge is -2.33. The summed E-state index contributed by atoms with van der Waals surface area (Å²) in [4.78, 5) is 52.7. The van der Waals surface area contributed by atoms with Crippen LogP contribution in [0.5, 0.6) is 0 Å². The van der Waals surface area contributed by atoms with Gasteiger partial charge in [0.05, 0.1) is 0 Å². The predicted octanol–water partition coefficient (Wildman–Crippen LogP) is 3.84. The van der Waals surface area contributed by atoms with Crippen LogP contribution in [0.25, 0.3) is 0 Å². The Morgan fingerprint density at radius 1 is 0.613 bits per heavy atom. The first-order valence-corrected chi connectivity index (χ1v) is 10.5. The second-order valence-corrected chi connectivity index (χ2v) is 10.3. The number of esters is 2. The van der Waals surface area contributed by atoms with E-state index in [2.05, 4.69) is 0 Å². The number of ether oxygens (including phenoxy) is 3. The summed E-state index contributed by atoms with van der Waals surface area (Å²) in [5.41, 5.74) is -1.49. The molecule has 0 aliphatic carbocycles. The zero-order chi connectivity index (χ0) is 24.9. The molecule has 2 atom stereocenters. The van der Waals surface area contributed by atoms with Gasteiger partial charge in [-0.2, -0.15) is 0 Å². The Bertz CT molecular complexity index is 604. The van der Waals surface area contributed by atoms with E-state index in [1.807, 2.05) is 0 Å². The Hall–Kier alpha value is -2.32. The summed E-state index contributed by atoms with van der Waals surface area (Å²) in [6.45, 7) is 17.2. The van der Waals surface area contributed by atoms with Crippen molar-refractivity contribution in [1.29, 1.82) is 0 Å². The van der Waals surface area contributed by atoms with E-state index in [-0.39, 0.29) is 11.8 Å². The highest BCUT2D eigenvalue weighted by Crippen LogP contribution is 2.19. The van der Waals surface area contributed by atoms with Crippen LogP contribution in [0.2, 0.25) is 0 Å². The smallest absolute Gasteiger partial charge is 0.410 e. The maximum Gasteiger partial charge on any atom is 0.410 e. The SMILES string of the molecule is CC(C)[C@@H](C(=O)OC(=O)[C@H](C(C)C)N(C)C(=O)OC(C)(C)C)N(C)C(=O)OC(C)(C)C. The minimum absolute atomic E-state index is 0.348. The number of carbonyl (C=O) groups excluding carboxylic acids is 4. The first-order chi connectivity index (χ1) is 13.8. The number of likely N-dealkylation sites (N-methyl/N-ethyl adjacent to an activating group) is 2. The van der Waals surface area contributed by atoms with E-state index in [1.54, 1.807) is 69.2 Å². The lowest BCUT2D eigenvalue weighted by molar-refractivity contribution is -0.168. The van der Waals surface area contributed by atoms with E-state index < -0.39 is 47.4 Å². The molecule has 0 saturated heterocycles. The van der Waals surface area contributed by atoms with Gasteiger partial charge in [0.15, 0.2) is 0 Å². The number of hydrogen-bond donors (Lipinski definition) is 0. The molecule has 0 unspecified atom stereocenters. The normalized spacial score (nSPS) is 14.0. The lowest BCUT2D eigenvalue weighted by Crippen LogP contribution is -2.52. The molecular weight excluding hydrogens is 404 g/mol. The highest BCUT2D eigenvalue weighted by Gasteiger charge is 2.39. The van der Waals surface area contributed by atoms with Gasteiger partial charge in [-0.25, -0.2) is 19.2 Å². The summed E-state index contributed by atoms with van der Waals surface area (Å²) in [6.07, 6.45) is -1.41. The van der Waals surface area contributed by atoms with Crippen LogP contribution in [0.15, 0.2) is 0 Å². The second kappa shape index (κ2) is 10.8. The van der Waals surface area contributed by atoms with Crippen molar-refractivity contribution in [3.63, 3.8) is 0 Å². The van der Waals surface area contributed by atoms with Crippen molar-refractivity contribution < 1.29 is 33.4 Å². The summed E-state index contributed by atoms with van der Waals surface area (Å²) in [5, 5.41) is 0. The molecule has 0 saturated carbocycles. The van der Waals surface area contributed by atoms with E-state index in [0.29, 0.717) is 0 Å². The van der Waals surface area contributed by atoms with E-state index in [0.717, 1.165) is 9.80 Å². The van der Waals surface area contributed by atoms with Crippen LogP contribution >= 0.6 is 0 Å². The Kier molecular flexibility index (Phi) is 10.0. The first kappa shape index (κ1) is 28.7. The molecule has 9 heteroatoms. The van der Waals surface area contributed by atoms with Gasteiger partial charge in [0.2, 0.25) is 0 Å². The summed E-state index contributed by atoms with van der Waals surface area (Å²) in [5.74, 6) is -2.48. The summed E-state index contributed by atoms with van der Waals surface area (Å²) < 4.78 is 15.7. The third-order valence-corrected chi connectivity index (χ3v) is 4.14. The maximum atomic E-state index is 12.8. The van der Waals surface area contributed by atoms with Gasteiger partial charge in [-0.1, -0.05) is 27.7 Å². The molecular formula is C22H40N2O7. The lowest BCUT2D eigenvalue weighted by atomic mass is 10.0. The van der Waals surface area contributed by atoms with Gasteiger partial charge in [0.25, 0.3) is 0 Å². The molecule has 0 aliphatic heterocycles. The molecule has 0 heterocycles. The molecule has 0 aromatic carbocycles. The molecule has 0 fully saturated rings. The Balaban J connectivity index is 5.54. The van der Waals surface area contributed by atoms with Crippen LogP contribution in [0.1, 0.15) is 69.2 Å². The quantitative estimate of drug-likeness (QED) is 0.348. The number of hydrogen-bond acceptors (Lipinski definition) is 7.